The van der Waals surface area contributed by atoms with Gasteiger partial charge in [-0.05, 0) is 36.8 Å². The molecule has 0 aliphatic rings. The van der Waals surface area contributed by atoms with Crippen LogP contribution in [-0.4, -0.2) is 15.5 Å². The van der Waals surface area contributed by atoms with Crippen molar-refractivity contribution in [1.29, 1.82) is 0 Å². The SMILES string of the molecule is Cc1cc(Cl)cc2sc(NC(=O)Cn3c(=O)oc4ccccc43)nc12. The first-order valence-corrected chi connectivity index (χ1v) is 8.65. The van der Waals surface area contributed by atoms with Gasteiger partial charge in [-0.15, -0.1) is 0 Å². The highest BCUT2D eigenvalue weighted by molar-refractivity contribution is 7.22. The zero-order chi connectivity index (χ0) is 17.6. The number of halogens is 1. The number of nitrogens with one attached hydrogen (secondary N) is 1. The molecule has 25 heavy (non-hydrogen) atoms. The molecule has 0 fully saturated rings. The van der Waals surface area contributed by atoms with E-state index in [0.29, 0.717) is 21.3 Å². The number of hydrogen-bond acceptors (Lipinski definition) is 5. The van der Waals surface area contributed by atoms with Gasteiger partial charge in [0.05, 0.1) is 15.7 Å². The number of thiazole rings is 1. The molecule has 1 amide bonds. The molecule has 2 heterocycles. The number of benzene rings is 2. The van der Waals surface area contributed by atoms with Crippen molar-refractivity contribution in [3.05, 3.63) is 57.5 Å². The number of hydrogen-bond donors (Lipinski definition) is 1. The molecular formula is C17H12ClN3O3S. The molecular weight excluding hydrogens is 362 g/mol. The number of aryl methyl sites for hydroxylation is 1. The van der Waals surface area contributed by atoms with Crippen molar-refractivity contribution >= 4 is 55.3 Å². The fraction of sp³-hybridized carbons (Fsp3) is 0.118. The summed E-state index contributed by atoms with van der Waals surface area (Å²) in [4.78, 5) is 28.7. The summed E-state index contributed by atoms with van der Waals surface area (Å²) in [7, 11) is 0. The fourth-order valence-electron chi connectivity index (χ4n) is 2.67. The van der Waals surface area contributed by atoms with Gasteiger partial charge in [-0.25, -0.2) is 9.78 Å². The highest BCUT2D eigenvalue weighted by atomic mass is 35.5. The van der Waals surface area contributed by atoms with E-state index < -0.39 is 5.76 Å². The van der Waals surface area contributed by atoms with Crippen molar-refractivity contribution in [3.8, 4) is 0 Å². The number of anilines is 1. The van der Waals surface area contributed by atoms with Crippen LogP contribution >= 0.6 is 22.9 Å². The minimum absolute atomic E-state index is 0.147. The monoisotopic (exact) mass is 373 g/mol. The first kappa shape index (κ1) is 15.9. The predicted molar refractivity (Wildman–Crippen MR) is 98.5 cm³/mol. The molecule has 0 bridgehead atoms. The van der Waals surface area contributed by atoms with Crippen molar-refractivity contribution in [2.75, 3.05) is 5.32 Å². The second-order valence-electron chi connectivity index (χ2n) is 5.56. The van der Waals surface area contributed by atoms with Crippen LogP contribution in [0.15, 0.2) is 45.6 Å². The molecule has 6 nitrogen and oxygen atoms in total. The number of oxazole rings is 1. The molecule has 2 aromatic carbocycles. The number of aromatic nitrogens is 2. The van der Waals surface area contributed by atoms with Gasteiger partial charge in [0.1, 0.15) is 6.54 Å². The summed E-state index contributed by atoms with van der Waals surface area (Å²) < 4.78 is 7.31. The van der Waals surface area contributed by atoms with Crippen molar-refractivity contribution < 1.29 is 9.21 Å². The summed E-state index contributed by atoms with van der Waals surface area (Å²) in [5.41, 5.74) is 2.77. The number of carbonyl (C=O) groups is 1. The third kappa shape index (κ3) is 2.92. The second-order valence-corrected chi connectivity index (χ2v) is 7.03. The summed E-state index contributed by atoms with van der Waals surface area (Å²) in [6.07, 6.45) is 0. The number of nitrogens with zero attached hydrogens (tertiary/aromatic N) is 2. The van der Waals surface area contributed by atoms with E-state index in [9.17, 15) is 9.59 Å². The molecule has 1 N–H and O–H groups in total. The smallest absolute Gasteiger partial charge is 0.408 e. The van der Waals surface area contributed by atoms with E-state index in [1.165, 1.54) is 15.9 Å². The third-order valence-electron chi connectivity index (χ3n) is 3.77. The molecule has 0 aliphatic carbocycles. The van der Waals surface area contributed by atoms with Gasteiger partial charge in [0.15, 0.2) is 10.7 Å². The maximum absolute atomic E-state index is 12.3. The Labute approximate surface area is 150 Å². The minimum Gasteiger partial charge on any atom is -0.408 e. The Balaban J connectivity index is 1.61. The molecule has 0 unspecified atom stereocenters. The number of carbonyl (C=O) groups excluding carboxylic acids is 1. The summed E-state index contributed by atoms with van der Waals surface area (Å²) in [6.45, 7) is 1.77. The lowest BCUT2D eigenvalue weighted by atomic mass is 10.2. The summed E-state index contributed by atoms with van der Waals surface area (Å²) in [5.74, 6) is -0.917. The fourth-order valence-corrected chi connectivity index (χ4v) is 4.01. The van der Waals surface area contributed by atoms with Crippen LogP contribution in [0.25, 0.3) is 21.3 Å². The zero-order valence-electron chi connectivity index (χ0n) is 13.1. The second kappa shape index (κ2) is 6.02. The van der Waals surface area contributed by atoms with E-state index >= 15 is 0 Å². The van der Waals surface area contributed by atoms with Crippen LogP contribution in [0.1, 0.15) is 5.56 Å². The molecule has 0 saturated heterocycles. The van der Waals surface area contributed by atoms with Gasteiger partial charge in [0, 0.05) is 5.02 Å². The lowest BCUT2D eigenvalue weighted by molar-refractivity contribution is -0.116. The van der Waals surface area contributed by atoms with E-state index in [0.717, 1.165) is 15.8 Å². The first-order valence-electron chi connectivity index (χ1n) is 7.46. The quantitative estimate of drug-likeness (QED) is 0.592. The maximum Gasteiger partial charge on any atom is 0.420 e. The van der Waals surface area contributed by atoms with E-state index in [2.05, 4.69) is 10.3 Å². The largest absolute Gasteiger partial charge is 0.420 e. The molecule has 0 aliphatic heterocycles. The standard InChI is InChI=1S/C17H12ClN3O3S/c1-9-6-10(18)7-13-15(9)20-16(25-13)19-14(22)8-21-11-4-2-3-5-12(11)24-17(21)23/h2-7H,8H2,1H3,(H,19,20,22). The summed E-state index contributed by atoms with van der Waals surface area (Å²) in [6, 6.07) is 10.6. The minimum atomic E-state index is -0.566. The van der Waals surface area contributed by atoms with Gasteiger partial charge in [0.2, 0.25) is 5.91 Å². The Morgan fingerprint density at radius 2 is 2.16 bits per heavy atom. The van der Waals surface area contributed by atoms with E-state index in [4.69, 9.17) is 16.0 Å². The van der Waals surface area contributed by atoms with Crippen LogP contribution in [-0.2, 0) is 11.3 Å². The lowest BCUT2D eigenvalue weighted by Gasteiger charge is -2.02. The van der Waals surface area contributed by atoms with Crippen molar-refractivity contribution in [2.24, 2.45) is 0 Å². The summed E-state index contributed by atoms with van der Waals surface area (Å²) in [5, 5.41) is 3.82. The maximum atomic E-state index is 12.3. The Bertz CT molecular complexity index is 1180. The highest BCUT2D eigenvalue weighted by Crippen LogP contribution is 2.30. The molecule has 0 spiro atoms. The molecule has 126 valence electrons. The van der Waals surface area contributed by atoms with E-state index in [1.54, 1.807) is 24.3 Å². The van der Waals surface area contributed by atoms with E-state index in [1.807, 2.05) is 19.1 Å². The Morgan fingerprint density at radius 3 is 3.00 bits per heavy atom. The van der Waals surface area contributed by atoms with Gasteiger partial charge in [0.25, 0.3) is 0 Å². The summed E-state index contributed by atoms with van der Waals surface area (Å²) >= 11 is 7.39. The van der Waals surface area contributed by atoms with Crippen LogP contribution in [0, 0.1) is 6.92 Å². The highest BCUT2D eigenvalue weighted by Gasteiger charge is 2.14. The van der Waals surface area contributed by atoms with Gasteiger partial charge in [-0.3, -0.25) is 9.36 Å². The molecule has 4 rings (SSSR count). The Morgan fingerprint density at radius 1 is 1.36 bits per heavy atom. The van der Waals surface area contributed by atoms with Gasteiger partial charge in [-0.1, -0.05) is 35.1 Å². The topological polar surface area (TPSA) is 77.1 Å². The van der Waals surface area contributed by atoms with Crippen LogP contribution in [0.2, 0.25) is 5.02 Å². The molecule has 0 saturated carbocycles. The number of amides is 1. The molecule has 8 heteroatoms. The number of para-hydroxylation sites is 2. The van der Waals surface area contributed by atoms with E-state index in [-0.39, 0.29) is 12.5 Å². The molecule has 4 aromatic rings. The van der Waals surface area contributed by atoms with Gasteiger partial charge >= 0.3 is 5.76 Å². The predicted octanol–water partition coefficient (Wildman–Crippen LogP) is 3.80. The average molecular weight is 374 g/mol. The van der Waals surface area contributed by atoms with Crippen LogP contribution in [0.4, 0.5) is 5.13 Å². The van der Waals surface area contributed by atoms with Crippen molar-refractivity contribution in [2.45, 2.75) is 13.5 Å². The number of rotatable bonds is 3. The third-order valence-corrected chi connectivity index (χ3v) is 4.91. The molecule has 0 radical (unpaired) electrons. The Hall–Kier alpha value is -2.64. The van der Waals surface area contributed by atoms with Crippen LogP contribution < -0.4 is 11.1 Å². The van der Waals surface area contributed by atoms with Gasteiger partial charge in [-0.2, -0.15) is 0 Å². The first-order chi connectivity index (χ1) is 12.0. The lowest BCUT2D eigenvalue weighted by Crippen LogP contribution is -2.24. The normalized spacial score (nSPS) is 11.3. The Kier molecular flexibility index (Phi) is 3.82. The van der Waals surface area contributed by atoms with Crippen molar-refractivity contribution in [1.82, 2.24) is 9.55 Å². The molecule has 0 atom stereocenters. The van der Waals surface area contributed by atoms with Crippen molar-refractivity contribution in [3.63, 3.8) is 0 Å². The van der Waals surface area contributed by atoms with Crippen LogP contribution in [0.3, 0.4) is 0 Å². The van der Waals surface area contributed by atoms with Gasteiger partial charge < -0.3 is 9.73 Å². The zero-order valence-corrected chi connectivity index (χ0v) is 14.6. The molecule has 2 aromatic heterocycles. The van der Waals surface area contributed by atoms with Crippen LogP contribution in [0.5, 0.6) is 0 Å². The average Bonchev–Trinajstić information content (AvgIpc) is 3.09. The number of fused-ring (bicyclic) bond motifs is 2.